The van der Waals surface area contributed by atoms with E-state index in [2.05, 4.69) is 33.1 Å². The number of hydrogen-bond acceptors (Lipinski definition) is 6. The normalized spacial score (nSPS) is 12.6. The maximum Gasteiger partial charge on any atom is 0.261 e. The third-order valence-corrected chi connectivity index (χ3v) is 7.48. The van der Waals surface area contributed by atoms with Crippen LogP contribution in [0.25, 0.3) is 28.0 Å². The maximum absolute atomic E-state index is 14.9. The predicted molar refractivity (Wildman–Crippen MR) is 161 cm³/mol. The number of rotatable bonds is 6. The summed E-state index contributed by atoms with van der Waals surface area (Å²) in [4.78, 5) is 22.0. The Morgan fingerprint density at radius 2 is 1.75 bits per heavy atom. The number of nitrogens with one attached hydrogen (secondary N) is 3. The van der Waals surface area contributed by atoms with Crippen LogP contribution in [0.4, 0.5) is 30.5 Å². The number of carbonyl (C=O) groups excluding carboxylic acids is 1. The fraction of sp³-hybridized carbons (Fsp3) is 0.0909. The molecule has 1 amide bonds. The fourth-order valence-corrected chi connectivity index (χ4v) is 5.37. The molecule has 4 heterocycles. The van der Waals surface area contributed by atoms with Gasteiger partial charge < -0.3 is 16.0 Å². The van der Waals surface area contributed by atoms with Crippen molar-refractivity contribution in [3.05, 3.63) is 125 Å². The van der Waals surface area contributed by atoms with E-state index in [0.717, 1.165) is 55.0 Å². The number of fused-ring (bicyclic) bond motifs is 2. The lowest BCUT2D eigenvalue weighted by Gasteiger charge is -2.18. The van der Waals surface area contributed by atoms with E-state index in [1.807, 2.05) is 24.3 Å². The lowest BCUT2D eigenvalue weighted by Crippen LogP contribution is -2.23. The zero-order valence-electron chi connectivity index (χ0n) is 23.1. The Morgan fingerprint density at radius 3 is 2.61 bits per heavy atom. The Labute approximate surface area is 249 Å². The van der Waals surface area contributed by atoms with Crippen molar-refractivity contribution in [2.24, 2.45) is 0 Å². The summed E-state index contributed by atoms with van der Waals surface area (Å²) < 4.78 is 45.0. The Balaban J connectivity index is 1.26. The van der Waals surface area contributed by atoms with Crippen molar-refractivity contribution in [2.45, 2.75) is 13.0 Å². The second kappa shape index (κ2) is 11.3. The van der Waals surface area contributed by atoms with E-state index in [0.29, 0.717) is 28.5 Å². The van der Waals surface area contributed by atoms with Crippen LogP contribution >= 0.6 is 0 Å². The lowest BCUT2D eigenvalue weighted by molar-refractivity contribution is 0.101. The van der Waals surface area contributed by atoms with Crippen molar-refractivity contribution in [3.63, 3.8) is 0 Å². The minimum Gasteiger partial charge on any atom is -0.324 e. The maximum atomic E-state index is 14.9. The average Bonchev–Trinajstić information content (AvgIpc) is 3.42. The van der Waals surface area contributed by atoms with Gasteiger partial charge in [0.15, 0.2) is 0 Å². The first kappa shape index (κ1) is 27.3. The first-order valence-corrected chi connectivity index (χ1v) is 13.9. The number of halogens is 3. The number of anilines is 3. The van der Waals surface area contributed by atoms with Crippen molar-refractivity contribution in [2.75, 3.05) is 17.2 Å². The highest BCUT2D eigenvalue weighted by molar-refractivity contribution is 6.05. The van der Waals surface area contributed by atoms with Crippen LogP contribution in [0.1, 0.15) is 21.5 Å². The summed E-state index contributed by atoms with van der Waals surface area (Å²) in [6.45, 7) is 1.76. The zero-order chi connectivity index (χ0) is 30.2. The molecule has 3 N–H and O–H groups in total. The number of amides is 1. The molecule has 3 aromatic carbocycles. The molecule has 218 valence electrons. The molecule has 0 spiro atoms. The van der Waals surface area contributed by atoms with Crippen LogP contribution < -0.4 is 16.0 Å². The highest BCUT2D eigenvalue weighted by Gasteiger charge is 2.22. The zero-order valence-corrected chi connectivity index (χ0v) is 23.1. The van der Waals surface area contributed by atoms with E-state index in [4.69, 9.17) is 10.1 Å². The number of aromatic nitrogens is 4. The van der Waals surface area contributed by atoms with Gasteiger partial charge in [-0.3, -0.25) is 4.79 Å². The molecule has 6 aromatic rings. The summed E-state index contributed by atoms with van der Waals surface area (Å²) in [5.41, 5.74) is 5.17. The van der Waals surface area contributed by atoms with Gasteiger partial charge in [0.2, 0.25) is 5.95 Å². The van der Waals surface area contributed by atoms with E-state index in [1.165, 1.54) is 23.3 Å². The van der Waals surface area contributed by atoms with E-state index in [9.17, 15) is 18.0 Å². The van der Waals surface area contributed by atoms with Gasteiger partial charge in [-0.15, -0.1) is 0 Å². The molecule has 0 atom stereocenters. The topological polar surface area (TPSA) is 96.2 Å². The third kappa shape index (κ3) is 5.13. The standard InChI is InChI=1S/C33H24F3N7O/c34-23-10-8-20(17-27(23)40-32(44)29-24(35)4-3-5-25(29)36)31-30(28-6-1-2-15-43(28)42-31)26-12-14-38-33(41-26)39-22-9-7-19-11-13-37-18-21(19)16-22/h1-10,12,14-17,37H,11,13,18H2,(H,40,44)(H,38,39,41). The van der Waals surface area contributed by atoms with Gasteiger partial charge in [0.05, 0.1) is 22.5 Å². The molecule has 1 aliphatic rings. The minimum atomic E-state index is -1.11. The molecule has 8 nitrogen and oxygen atoms in total. The number of hydrogen-bond donors (Lipinski definition) is 3. The molecule has 11 heteroatoms. The highest BCUT2D eigenvalue weighted by atomic mass is 19.1. The molecule has 0 saturated heterocycles. The molecule has 0 aliphatic carbocycles. The summed E-state index contributed by atoms with van der Waals surface area (Å²) >= 11 is 0. The Bertz CT molecular complexity index is 2040. The van der Waals surface area contributed by atoms with Gasteiger partial charge in [0.1, 0.15) is 28.7 Å². The SMILES string of the molecule is O=C(Nc1cc(-c2nn3ccccc3c2-c2ccnc(Nc3ccc4c(c3)CNCC4)n2)ccc1F)c1c(F)cccc1F. The van der Waals surface area contributed by atoms with Crippen LogP contribution in [-0.4, -0.2) is 32.0 Å². The minimum absolute atomic E-state index is 0.259. The second-order valence-electron chi connectivity index (χ2n) is 10.3. The molecule has 44 heavy (non-hydrogen) atoms. The summed E-state index contributed by atoms with van der Waals surface area (Å²) in [6, 6.07) is 20.6. The molecule has 0 fully saturated rings. The quantitative estimate of drug-likeness (QED) is 0.204. The van der Waals surface area contributed by atoms with Gasteiger partial charge in [-0.1, -0.05) is 18.2 Å². The van der Waals surface area contributed by atoms with Gasteiger partial charge in [-0.25, -0.2) is 27.7 Å². The number of pyridine rings is 1. The average molecular weight is 592 g/mol. The smallest absolute Gasteiger partial charge is 0.261 e. The summed E-state index contributed by atoms with van der Waals surface area (Å²) in [5, 5.41) is 13.7. The largest absolute Gasteiger partial charge is 0.324 e. The Kier molecular flexibility index (Phi) is 6.99. The third-order valence-electron chi connectivity index (χ3n) is 7.48. The highest BCUT2D eigenvalue weighted by Crippen LogP contribution is 2.36. The van der Waals surface area contributed by atoms with Crippen molar-refractivity contribution >= 4 is 28.7 Å². The molecule has 3 aromatic heterocycles. The number of nitrogens with zero attached hydrogens (tertiary/aromatic N) is 4. The Morgan fingerprint density at radius 1 is 0.886 bits per heavy atom. The predicted octanol–water partition coefficient (Wildman–Crippen LogP) is 6.52. The van der Waals surface area contributed by atoms with Crippen molar-refractivity contribution < 1.29 is 18.0 Å². The molecule has 0 unspecified atom stereocenters. The van der Waals surface area contributed by atoms with Gasteiger partial charge in [0, 0.05) is 30.2 Å². The number of benzene rings is 3. The van der Waals surface area contributed by atoms with E-state index in [1.54, 1.807) is 23.0 Å². The molecular formula is C33H24F3N7O. The Hall–Kier alpha value is -5.55. The van der Waals surface area contributed by atoms with Gasteiger partial charge in [-0.2, -0.15) is 5.10 Å². The molecule has 0 radical (unpaired) electrons. The van der Waals surface area contributed by atoms with Crippen LogP contribution in [0.3, 0.4) is 0 Å². The monoisotopic (exact) mass is 591 g/mol. The van der Waals surface area contributed by atoms with Crippen molar-refractivity contribution in [3.8, 4) is 22.5 Å². The molecule has 1 aliphatic heterocycles. The lowest BCUT2D eigenvalue weighted by atomic mass is 10.0. The van der Waals surface area contributed by atoms with Crippen LogP contribution in [0, 0.1) is 17.5 Å². The van der Waals surface area contributed by atoms with E-state index < -0.39 is 28.9 Å². The molecule has 7 rings (SSSR count). The molecular weight excluding hydrogens is 567 g/mol. The molecule has 0 bridgehead atoms. The van der Waals surface area contributed by atoms with Crippen molar-refractivity contribution in [1.29, 1.82) is 0 Å². The van der Waals surface area contributed by atoms with Crippen LogP contribution in [0.2, 0.25) is 0 Å². The van der Waals surface area contributed by atoms with Crippen LogP contribution in [0.5, 0.6) is 0 Å². The summed E-state index contributed by atoms with van der Waals surface area (Å²) in [7, 11) is 0. The van der Waals surface area contributed by atoms with Crippen molar-refractivity contribution in [1.82, 2.24) is 24.9 Å². The first-order chi connectivity index (χ1) is 21.4. The molecule has 0 saturated carbocycles. The second-order valence-corrected chi connectivity index (χ2v) is 10.3. The van der Waals surface area contributed by atoms with E-state index in [-0.39, 0.29) is 5.69 Å². The van der Waals surface area contributed by atoms with Gasteiger partial charge in [0.25, 0.3) is 5.91 Å². The number of carbonyl (C=O) groups is 1. The summed E-state index contributed by atoms with van der Waals surface area (Å²) in [6.07, 6.45) is 4.39. The summed E-state index contributed by atoms with van der Waals surface area (Å²) in [5.74, 6) is -3.62. The van der Waals surface area contributed by atoms with E-state index >= 15 is 0 Å². The first-order valence-electron chi connectivity index (χ1n) is 13.9. The van der Waals surface area contributed by atoms with Gasteiger partial charge >= 0.3 is 0 Å². The van der Waals surface area contributed by atoms with Crippen LogP contribution in [0.15, 0.2) is 91.3 Å². The van der Waals surface area contributed by atoms with Gasteiger partial charge in [-0.05, 0) is 84.8 Å². The van der Waals surface area contributed by atoms with Crippen LogP contribution in [-0.2, 0) is 13.0 Å². The fourth-order valence-electron chi connectivity index (χ4n) is 5.37.